The standard InChI is InChI=1S/C20H21ClN2O4/c1-4-27-20(26)15-6-9-17(10-7-15)23(14(3)24)12-19(25)22-16-8-5-13(2)18(21)11-16/h5-11H,4,12H2,1-3H3,(H,22,25). The molecule has 0 aliphatic carbocycles. The monoisotopic (exact) mass is 388 g/mol. The molecule has 0 fully saturated rings. The highest BCUT2D eigenvalue weighted by Gasteiger charge is 2.17. The van der Waals surface area contributed by atoms with E-state index < -0.39 is 5.97 Å². The number of hydrogen-bond donors (Lipinski definition) is 1. The van der Waals surface area contributed by atoms with E-state index in [0.717, 1.165) is 5.56 Å². The average molecular weight is 389 g/mol. The molecule has 2 aromatic rings. The van der Waals surface area contributed by atoms with Crippen LogP contribution in [0.1, 0.15) is 29.8 Å². The smallest absolute Gasteiger partial charge is 0.338 e. The molecule has 0 spiro atoms. The van der Waals surface area contributed by atoms with Crippen molar-refractivity contribution in [2.24, 2.45) is 0 Å². The number of amides is 2. The molecule has 0 saturated heterocycles. The molecule has 0 aliphatic heterocycles. The number of ether oxygens (including phenoxy) is 1. The average Bonchev–Trinajstić information content (AvgIpc) is 2.63. The van der Waals surface area contributed by atoms with Gasteiger partial charge in [0.1, 0.15) is 6.54 Å². The molecule has 2 rings (SSSR count). The summed E-state index contributed by atoms with van der Waals surface area (Å²) in [5.41, 5.74) is 2.34. The van der Waals surface area contributed by atoms with Gasteiger partial charge in [-0.05, 0) is 55.8 Å². The van der Waals surface area contributed by atoms with Crippen molar-refractivity contribution in [3.63, 3.8) is 0 Å². The van der Waals surface area contributed by atoms with E-state index in [1.165, 1.54) is 11.8 Å². The Morgan fingerprint density at radius 3 is 2.33 bits per heavy atom. The number of carbonyl (C=O) groups excluding carboxylic acids is 3. The Morgan fingerprint density at radius 2 is 1.78 bits per heavy atom. The van der Waals surface area contributed by atoms with E-state index >= 15 is 0 Å². The molecular formula is C20H21ClN2O4. The number of rotatable bonds is 6. The Hall–Kier alpha value is -2.86. The van der Waals surface area contributed by atoms with E-state index in [-0.39, 0.29) is 25.0 Å². The normalized spacial score (nSPS) is 10.2. The van der Waals surface area contributed by atoms with Gasteiger partial charge >= 0.3 is 5.97 Å². The number of anilines is 2. The number of aryl methyl sites for hydroxylation is 1. The molecular weight excluding hydrogens is 368 g/mol. The van der Waals surface area contributed by atoms with Crippen molar-refractivity contribution < 1.29 is 19.1 Å². The summed E-state index contributed by atoms with van der Waals surface area (Å²) < 4.78 is 4.93. The van der Waals surface area contributed by atoms with Crippen molar-refractivity contribution in [2.75, 3.05) is 23.4 Å². The van der Waals surface area contributed by atoms with Crippen molar-refractivity contribution in [1.29, 1.82) is 0 Å². The van der Waals surface area contributed by atoms with Crippen LogP contribution in [0.25, 0.3) is 0 Å². The molecule has 0 aliphatic rings. The first-order valence-electron chi connectivity index (χ1n) is 8.43. The van der Waals surface area contributed by atoms with Gasteiger partial charge in [-0.15, -0.1) is 0 Å². The van der Waals surface area contributed by atoms with Crippen molar-refractivity contribution in [3.05, 3.63) is 58.6 Å². The Labute approximate surface area is 163 Å². The molecule has 27 heavy (non-hydrogen) atoms. The molecule has 0 atom stereocenters. The second-order valence-corrected chi connectivity index (χ2v) is 6.29. The van der Waals surface area contributed by atoms with Crippen LogP contribution >= 0.6 is 11.6 Å². The first-order valence-corrected chi connectivity index (χ1v) is 8.81. The number of halogens is 1. The molecule has 6 nitrogen and oxygen atoms in total. The molecule has 2 amide bonds. The molecule has 0 bridgehead atoms. The van der Waals surface area contributed by atoms with Crippen LogP contribution in [0.3, 0.4) is 0 Å². The van der Waals surface area contributed by atoms with Crippen molar-refractivity contribution in [2.45, 2.75) is 20.8 Å². The summed E-state index contributed by atoms with van der Waals surface area (Å²) in [6.45, 7) is 5.08. The SMILES string of the molecule is CCOC(=O)c1ccc(N(CC(=O)Nc2ccc(C)c(Cl)c2)C(C)=O)cc1. The minimum Gasteiger partial charge on any atom is -0.462 e. The van der Waals surface area contributed by atoms with Gasteiger partial charge < -0.3 is 15.0 Å². The second-order valence-electron chi connectivity index (χ2n) is 5.88. The maximum atomic E-state index is 12.3. The fourth-order valence-electron chi connectivity index (χ4n) is 2.39. The highest BCUT2D eigenvalue weighted by atomic mass is 35.5. The van der Waals surface area contributed by atoms with Crippen LogP contribution < -0.4 is 10.2 Å². The lowest BCUT2D eigenvalue weighted by Crippen LogP contribution is -2.36. The molecule has 0 aromatic heterocycles. The van der Waals surface area contributed by atoms with Crippen LogP contribution in [0.15, 0.2) is 42.5 Å². The third-order valence-corrected chi connectivity index (χ3v) is 4.23. The van der Waals surface area contributed by atoms with Crippen LogP contribution in [0.5, 0.6) is 0 Å². The fraction of sp³-hybridized carbons (Fsp3) is 0.250. The zero-order chi connectivity index (χ0) is 20.0. The summed E-state index contributed by atoms with van der Waals surface area (Å²) in [6, 6.07) is 11.5. The summed E-state index contributed by atoms with van der Waals surface area (Å²) in [5.74, 6) is -1.09. The number of nitrogens with zero attached hydrogens (tertiary/aromatic N) is 1. The topological polar surface area (TPSA) is 75.7 Å². The van der Waals surface area contributed by atoms with E-state index in [1.54, 1.807) is 49.4 Å². The number of benzene rings is 2. The Balaban J connectivity index is 2.10. The maximum Gasteiger partial charge on any atom is 0.338 e. The van der Waals surface area contributed by atoms with Gasteiger partial charge in [0, 0.05) is 23.3 Å². The summed E-state index contributed by atoms with van der Waals surface area (Å²) in [5, 5.41) is 3.27. The zero-order valence-electron chi connectivity index (χ0n) is 15.4. The lowest BCUT2D eigenvalue weighted by atomic mass is 10.2. The van der Waals surface area contributed by atoms with E-state index in [1.807, 2.05) is 6.92 Å². The van der Waals surface area contributed by atoms with Gasteiger partial charge in [0.25, 0.3) is 0 Å². The Bertz CT molecular complexity index is 850. The van der Waals surface area contributed by atoms with Gasteiger partial charge in [-0.1, -0.05) is 17.7 Å². The van der Waals surface area contributed by atoms with Crippen LogP contribution in [-0.4, -0.2) is 30.9 Å². The highest BCUT2D eigenvalue weighted by Crippen LogP contribution is 2.20. The summed E-state index contributed by atoms with van der Waals surface area (Å²) >= 11 is 6.06. The van der Waals surface area contributed by atoms with Crippen molar-refractivity contribution in [3.8, 4) is 0 Å². The highest BCUT2D eigenvalue weighted by molar-refractivity contribution is 6.31. The Kier molecular flexibility index (Phi) is 6.96. The molecule has 142 valence electrons. The molecule has 7 heteroatoms. The van der Waals surface area contributed by atoms with Gasteiger partial charge in [0.05, 0.1) is 12.2 Å². The van der Waals surface area contributed by atoms with E-state index in [2.05, 4.69) is 5.32 Å². The van der Waals surface area contributed by atoms with Gasteiger partial charge in [-0.2, -0.15) is 0 Å². The zero-order valence-corrected chi connectivity index (χ0v) is 16.2. The maximum absolute atomic E-state index is 12.3. The molecule has 0 radical (unpaired) electrons. The summed E-state index contributed by atoms with van der Waals surface area (Å²) in [6.07, 6.45) is 0. The third kappa shape index (κ3) is 5.56. The van der Waals surface area contributed by atoms with E-state index in [9.17, 15) is 14.4 Å². The van der Waals surface area contributed by atoms with E-state index in [4.69, 9.17) is 16.3 Å². The fourth-order valence-corrected chi connectivity index (χ4v) is 2.57. The predicted octanol–water partition coefficient (Wildman–Crippen LogP) is 3.82. The first kappa shape index (κ1) is 20.5. The van der Waals surface area contributed by atoms with Crippen LogP contribution in [0, 0.1) is 6.92 Å². The van der Waals surface area contributed by atoms with Gasteiger partial charge in [-0.25, -0.2) is 4.79 Å². The van der Waals surface area contributed by atoms with Gasteiger partial charge in [0.15, 0.2) is 0 Å². The number of hydrogen-bond acceptors (Lipinski definition) is 4. The Morgan fingerprint density at radius 1 is 1.11 bits per heavy atom. The predicted molar refractivity (Wildman–Crippen MR) is 105 cm³/mol. The largest absolute Gasteiger partial charge is 0.462 e. The number of carbonyl (C=O) groups is 3. The lowest BCUT2D eigenvalue weighted by molar-refractivity contribution is -0.120. The third-order valence-electron chi connectivity index (χ3n) is 3.83. The van der Waals surface area contributed by atoms with Crippen LogP contribution in [0.2, 0.25) is 5.02 Å². The van der Waals surface area contributed by atoms with Gasteiger partial charge in [0.2, 0.25) is 11.8 Å². The number of nitrogens with one attached hydrogen (secondary N) is 1. The molecule has 0 heterocycles. The van der Waals surface area contributed by atoms with Crippen LogP contribution in [0.4, 0.5) is 11.4 Å². The van der Waals surface area contributed by atoms with Crippen LogP contribution in [-0.2, 0) is 14.3 Å². The first-order chi connectivity index (χ1) is 12.8. The molecule has 1 N–H and O–H groups in total. The summed E-state index contributed by atoms with van der Waals surface area (Å²) in [4.78, 5) is 37.4. The van der Waals surface area contributed by atoms with Crippen molar-refractivity contribution in [1.82, 2.24) is 0 Å². The molecule has 0 saturated carbocycles. The van der Waals surface area contributed by atoms with Gasteiger partial charge in [-0.3, -0.25) is 9.59 Å². The lowest BCUT2D eigenvalue weighted by Gasteiger charge is -2.21. The quantitative estimate of drug-likeness (QED) is 0.763. The second kappa shape index (κ2) is 9.19. The molecule has 2 aromatic carbocycles. The summed E-state index contributed by atoms with van der Waals surface area (Å²) in [7, 11) is 0. The number of esters is 1. The minimum absolute atomic E-state index is 0.167. The van der Waals surface area contributed by atoms with Crippen molar-refractivity contribution >= 4 is 40.8 Å². The molecule has 0 unspecified atom stereocenters. The minimum atomic E-state index is -0.438. The van der Waals surface area contributed by atoms with E-state index in [0.29, 0.717) is 22.0 Å².